The van der Waals surface area contributed by atoms with Gasteiger partial charge < -0.3 is 10.2 Å². The zero-order valence-corrected chi connectivity index (χ0v) is 25.2. The van der Waals surface area contributed by atoms with Gasteiger partial charge in [-0.2, -0.15) is 5.26 Å². The summed E-state index contributed by atoms with van der Waals surface area (Å²) < 4.78 is 64.8. The lowest BCUT2D eigenvalue weighted by molar-refractivity contribution is -0.0906. The molecular formula is C33H38F4N6O. The molecule has 2 fully saturated rings. The van der Waals surface area contributed by atoms with Crippen LogP contribution in [0.2, 0.25) is 0 Å². The number of nitrogens with zero attached hydrogens (tertiary/aromatic N) is 5. The van der Waals surface area contributed by atoms with E-state index in [2.05, 4.69) is 21.4 Å². The van der Waals surface area contributed by atoms with Gasteiger partial charge in [-0.05, 0) is 71.5 Å². The standard InChI is InChI=1S/C33H38F4N6O/c1-21-23-7-6-8-25(27(23)34)33(36,37)22-9-15-42(16-10-22)19-31(2,35)11-4-3-5-14-43-29-24(28(41-21)39-20-40-29)17-26(30(43)44)32(18-38)12-13-32/h6-8,17,20-22H,3-5,9-16,19H2,1-2H3,(H,39,40,41)/t21-,31?/m1/s1. The largest absolute Gasteiger partial charge is 0.363 e. The van der Waals surface area contributed by atoms with E-state index < -0.39 is 40.3 Å². The minimum Gasteiger partial charge on any atom is -0.363 e. The predicted octanol–water partition coefficient (Wildman–Crippen LogP) is 6.76. The summed E-state index contributed by atoms with van der Waals surface area (Å²) in [7, 11) is 0. The summed E-state index contributed by atoms with van der Waals surface area (Å²) >= 11 is 0. The molecular weight excluding hydrogens is 572 g/mol. The van der Waals surface area contributed by atoms with Crippen molar-refractivity contribution in [3.8, 4) is 6.07 Å². The minimum atomic E-state index is -3.40. The highest BCUT2D eigenvalue weighted by atomic mass is 19.3. The van der Waals surface area contributed by atoms with E-state index in [1.54, 1.807) is 24.5 Å². The number of piperidine rings is 1. The first kappa shape index (κ1) is 30.5. The Morgan fingerprint density at radius 1 is 1.02 bits per heavy atom. The van der Waals surface area contributed by atoms with Crippen LogP contribution < -0.4 is 10.9 Å². The number of aryl methyl sites for hydroxylation is 1. The van der Waals surface area contributed by atoms with Gasteiger partial charge in [0.1, 0.15) is 29.3 Å². The molecule has 1 saturated heterocycles. The molecule has 1 N–H and O–H groups in total. The number of hydrogen-bond donors (Lipinski definition) is 1. The van der Waals surface area contributed by atoms with E-state index in [0.717, 1.165) is 6.07 Å². The van der Waals surface area contributed by atoms with Crippen molar-refractivity contribution in [3.63, 3.8) is 0 Å². The number of aromatic nitrogens is 3. The second-order valence-electron chi connectivity index (χ2n) is 13.1. The van der Waals surface area contributed by atoms with Gasteiger partial charge in [0.2, 0.25) is 0 Å². The Labute approximate surface area is 254 Å². The van der Waals surface area contributed by atoms with Crippen molar-refractivity contribution in [2.24, 2.45) is 5.92 Å². The molecule has 7 nitrogen and oxygen atoms in total. The van der Waals surface area contributed by atoms with Gasteiger partial charge in [0.25, 0.3) is 11.5 Å². The maximum atomic E-state index is 15.9. The lowest BCUT2D eigenvalue weighted by atomic mass is 9.84. The van der Waals surface area contributed by atoms with Crippen LogP contribution >= 0.6 is 0 Å². The zero-order valence-electron chi connectivity index (χ0n) is 25.2. The molecule has 3 aliphatic heterocycles. The monoisotopic (exact) mass is 610 g/mol. The smallest absolute Gasteiger partial charge is 0.278 e. The van der Waals surface area contributed by atoms with Crippen LogP contribution in [0.4, 0.5) is 23.4 Å². The van der Waals surface area contributed by atoms with Gasteiger partial charge in [0.05, 0.1) is 28.5 Å². The normalized spacial score (nSPS) is 28.5. The molecule has 0 spiro atoms. The van der Waals surface area contributed by atoms with Gasteiger partial charge in [0.15, 0.2) is 0 Å². The van der Waals surface area contributed by atoms with E-state index in [0.29, 0.717) is 80.6 Å². The number of pyridine rings is 1. The van der Waals surface area contributed by atoms with Crippen LogP contribution in [0.1, 0.15) is 87.9 Å². The van der Waals surface area contributed by atoms with Gasteiger partial charge in [0, 0.05) is 30.1 Å². The number of hydrogen-bond acceptors (Lipinski definition) is 6. The van der Waals surface area contributed by atoms with Crippen molar-refractivity contribution in [2.45, 2.75) is 94.8 Å². The number of alkyl halides is 3. The summed E-state index contributed by atoms with van der Waals surface area (Å²) in [5, 5.41) is 13.6. The van der Waals surface area contributed by atoms with Crippen molar-refractivity contribution in [1.82, 2.24) is 19.4 Å². The van der Waals surface area contributed by atoms with Gasteiger partial charge in [-0.25, -0.2) is 27.5 Å². The molecule has 8 bridgehead atoms. The lowest BCUT2D eigenvalue weighted by Crippen LogP contribution is -2.45. The van der Waals surface area contributed by atoms with Crippen LogP contribution in [-0.2, 0) is 17.9 Å². The maximum absolute atomic E-state index is 15.9. The van der Waals surface area contributed by atoms with Crippen LogP contribution in [-0.4, -0.2) is 44.7 Å². The molecule has 11 heteroatoms. The molecule has 234 valence electrons. The van der Waals surface area contributed by atoms with E-state index in [4.69, 9.17) is 0 Å². The summed E-state index contributed by atoms with van der Waals surface area (Å²) in [6, 6.07) is 7.26. The molecule has 2 atom stereocenters. The fourth-order valence-corrected chi connectivity index (χ4v) is 7.00. The molecule has 7 rings (SSSR count). The molecule has 44 heavy (non-hydrogen) atoms. The van der Waals surface area contributed by atoms with Crippen molar-refractivity contribution in [3.05, 3.63) is 63.5 Å². The zero-order chi connectivity index (χ0) is 31.3. The second-order valence-corrected chi connectivity index (χ2v) is 13.1. The Hall–Kier alpha value is -3.52. The summed E-state index contributed by atoms with van der Waals surface area (Å²) in [6.45, 7) is 4.36. The Morgan fingerprint density at radius 3 is 2.48 bits per heavy atom. The summed E-state index contributed by atoms with van der Waals surface area (Å²) in [5.41, 5.74) is -2.51. The topological polar surface area (TPSA) is 86.8 Å². The number of benzene rings is 1. The fraction of sp³-hybridized carbons (Fsp3) is 0.576. The van der Waals surface area contributed by atoms with Crippen molar-refractivity contribution in [1.29, 1.82) is 5.26 Å². The number of nitriles is 1. The van der Waals surface area contributed by atoms with Crippen molar-refractivity contribution < 1.29 is 17.6 Å². The van der Waals surface area contributed by atoms with Crippen molar-refractivity contribution in [2.75, 3.05) is 25.0 Å². The molecule has 1 aliphatic carbocycles. The lowest BCUT2D eigenvalue weighted by Gasteiger charge is -2.38. The van der Waals surface area contributed by atoms with Gasteiger partial charge >= 0.3 is 0 Å². The average molecular weight is 611 g/mol. The highest BCUT2D eigenvalue weighted by Gasteiger charge is 2.48. The van der Waals surface area contributed by atoms with Gasteiger partial charge in [-0.3, -0.25) is 9.36 Å². The van der Waals surface area contributed by atoms with E-state index in [9.17, 15) is 10.1 Å². The molecule has 1 unspecified atom stereocenters. The number of rotatable bonds is 1. The SMILES string of the molecule is C[C@H]1Nc2ncnc3c2cc(C2(C#N)CC2)c(=O)n3CCCCCC(C)(F)CN2CCC(CC2)C(F)(F)c2cccc1c2F. The van der Waals surface area contributed by atoms with Gasteiger partial charge in [-0.1, -0.05) is 31.0 Å². The molecule has 0 radical (unpaired) electrons. The summed E-state index contributed by atoms with van der Waals surface area (Å²) in [6.07, 6.45) is 4.93. The second kappa shape index (κ2) is 11.4. The quantitative estimate of drug-likeness (QED) is 0.306. The maximum Gasteiger partial charge on any atom is 0.278 e. The summed E-state index contributed by atoms with van der Waals surface area (Å²) in [5.74, 6) is -5.11. The van der Waals surface area contributed by atoms with E-state index >= 15 is 17.6 Å². The Morgan fingerprint density at radius 2 is 1.77 bits per heavy atom. The van der Waals surface area contributed by atoms with Crippen LogP contribution in [0.3, 0.4) is 0 Å². The third-order valence-corrected chi connectivity index (χ3v) is 9.80. The highest BCUT2D eigenvalue weighted by Crippen LogP contribution is 2.47. The number of nitrogens with one attached hydrogen (secondary N) is 1. The Bertz CT molecular complexity index is 1650. The molecule has 0 amide bonds. The number of fused-ring (bicyclic) bond motifs is 9. The van der Waals surface area contributed by atoms with Crippen LogP contribution in [0.15, 0.2) is 35.4 Å². The van der Waals surface area contributed by atoms with E-state index in [1.807, 2.05) is 4.90 Å². The molecule has 4 aliphatic rings. The molecule has 2 aromatic heterocycles. The first-order chi connectivity index (χ1) is 21.0. The first-order valence-corrected chi connectivity index (χ1v) is 15.6. The molecule has 1 aromatic carbocycles. The third kappa shape index (κ3) is 5.57. The number of halogens is 4. The summed E-state index contributed by atoms with van der Waals surface area (Å²) in [4.78, 5) is 24.4. The predicted molar refractivity (Wildman–Crippen MR) is 160 cm³/mol. The van der Waals surface area contributed by atoms with E-state index in [1.165, 1.54) is 18.5 Å². The average Bonchev–Trinajstić information content (AvgIpc) is 3.78. The van der Waals surface area contributed by atoms with Crippen LogP contribution in [0.5, 0.6) is 0 Å². The molecule has 5 heterocycles. The highest BCUT2D eigenvalue weighted by molar-refractivity contribution is 5.87. The molecule has 1 saturated carbocycles. The van der Waals surface area contributed by atoms with E-state index in [-0.39, 0.29) is 30.5 Å². The minimum absolute atomic E-state index is 0.0645. The Kier molecular flexibility index (Phi) is 7.93. The van der Waals surface area contributed by atoms with Crippen molar-refractivity contribution >= 4 is 16.9 Å². The van der Waals surface area contributed by atoms with Gasteiger partial charge in [-0.15, -0.1) is 0 Å². The first-order valence-electron chi connectivity index (χ1n) is 15.6. The number of anilines is 1. The van der Waals surface area contributed by atoms with Crippen LogP contribution in [0.25, 0.3) is 11.0 Å². The Balaban J connectivity index is 1.44. The fourth-order valence-electron chi connectivity index (χ4n) is 7.00. The molecule has 3 aromatic rings. The van der Waals surface area contributed by atoms with Crippen LogP contribution in [0, 0.1) is 23.1 Å². The third-order valence-electron chi connectivity index (χ3n) is 9.80.